The van der Waals surface area contributed by atoms with Gasteiger partial charge in [-0.25, -0.2) is 4.99 Å². The van der Waals surface area contributed by atoms with E-state index in [1.807, 2.05) is 24.3 Å². The van der Waals surface area contributed by atoms with Gasteiger partial charge in [0.2, 0.25) is 0 Å². The average molecular weight is 396 g/mol. The smallest absolute Gasteiger partial charge is 0.191 e. The van der Waals surface area contributed by atoms with E-state index in [-0.39, 0.29) is 24.0 Å². The van der Waals surface area contributed by atoms with Crippen LogP contribution in [0.1, 0.15) is 25.0 Å². The molecule has 1 aliphatic heterocycles. The van der Waals surface area contributed by atoms with Gasteiger partial charge in [0.15, 0.2) is 5.96 Å². The van der Waals surface area contributed by atoms with Crippen LogP contribution >= 0.6 is 24.0 Å². The standard InChI is InChI=1S/C16H20N4.HI/c17-16(20-10-4-1-5-11-20)18-12-14-9-8-13-6-2-3-7-15(13)19-14;/h2-3,6-9H,1,4-5,10-12H2,(H2,17,18);1H. The maximum atomic E-state index is 6.06. The predicted molar refractivity (Wildman–Crippen MR) is 97.9 cm³/mol. The molecule has 1 aromatic heterocycles. The third-order valence-electron chi connectivity index (χ3n) is 3.74. The molecule has 1 saturated heterocycles. The van der Waals surface area contributed by atoms with Gasteiger partial charge in [0, 0.05) is 18.5 Å². The van der Waals surface area contributed by atoms with Crippen molar-refractivity contribution in [3.63, 3.8) is 0 Å². The van der Waals surface area contributed by atoms with Crippen LogP contribution in [0.4, 0.5) is 0 Å². The molecule has 0 aliphatic carbocycles. The molecule has 5 heteroatoms. The van der Waals surface area contributed by atoms with Crippen molar-refractivity contribution in [3.8, 4) is 0 Å². The van der Waals surface area contributed by atoms with Crippen molar-refractivity contribution < 1.29 is 0 Å². The lowest BCUT2D eigenvalue weighted by Crippen LogP contribution is -2.40. The van der Waals surface area contributed by atoms with Crippen molar-refractivity contribution in [2.45, 2.75) is 25.8 Å². The molecule has 1 aromatic carbocycles. The molecule has 2 N–H and O–H groups in total. The zero-order chi connectivity index (χ0) is 13.8. The minimum absolute atomic E-state index is 0. The molecule has 112 valence electrons. The normalized spacial score (nSPS) is 15.8. The Labute approximate surface area is 142 Å². The second kappa shape index (κ2) is 7.59. The summed E-state index contributed by atoms with van der Waals surface area (Å²) in [5.74, 6) is 0.652. The first kappa shape index (κ1) is 16.0. The number of guanidine groups is 1. The highest BCUT2D eigenvalue weighted by atomic mass is 127. The van der Waals surface area contributed by atoms with Crippen LogP contribution in [0.5, 0.6) is 0 Å². The number of pyridine rings is 1. The number of aromatic nitrogens is 1. The monoisotopic (exact) mass is 396 g/mol. The number of hydrogen-bond donors (Lipinski definition) is 1. The Kier molecular flexibility index (Phi) is 5.78. The fourth-order valence-electron chi connectivity index (χ4n) is 2.58. The summed E-state index contributed by atoms with van der Waals surface area (Å²) >= 11 is 0. The number of likely N-dealkylation sites (tertiary alicyclic amines) is 1. The number of hydrogen-bond acceptors (Lipinski definition) is 2. The number of rotatable bonds is 2. The second-order valence-corrected chi connectivity index (χ2v) is 5.22. The van der Waals surface area contributed by atoms with Gasteiger partial charge in [0.1, 0.15) is 0 Å². The molecule has 0 atom stereocenters. The van der Waals surface area contributed by atoms with Crippen LogP contribution < -0.4 is 5.73 Å². The first-order valence-corrected chi connectivity index (χ1v) is 7.22. The van der Waals surface area contributed by atoms with Gasteiger partial charge in [-0.2, -0.15) is 0 Å². The van der Waals surface area contributed by atoms with Gasteiger partial charge in [-0.3, -0.25) is 4.98 Å². The molecule has 0 amide bonds. The van der Waals surface area contributed by atoms with Crippen LogP contribution in [0.3, 0.4) is 0 Å². The molecule has 0 spiro atoms. The Morgan fingerprint density at radius 3 is 2.67 bits per heavy atom. The fourth-order valence-corrected chi connectivity index (χ4v) is 2.58. The zero-order valence-electron chi connectivity index (χ0n) is 12.0. The maximum Gasteiger partial charge on any atom is 0.191 e. The number of nitrogens with two attached hydrogens (primary N) is 1. The Bertz CT molecular complexity index is 620. The Balaban J connectivity index is 0.00000161. The molecule has 0 saturated carbocycles. The highest BCUT2D eigenvalue weighted by Gasteiger charge is 2.11. The molecule has 1 aliphatic rings. The van der Waals surface area contributed by atoms with Crippen LogP contribution in [0.25, 0.3) is 10.9 Å². The Morgan fingerprint density at radius 2 is 1.86 bits per heavy atom. The average Bonchev–Trinajstić information content (AvgIpc) is 2.53. The van der Waals surface area contributed by atoms with E-state index in [0.717, 1.165) is 29.7 Å². The summed E-state index contributed by atoms with van der Waals surface area (Å²) in [5, 5.41) is 1.16. The highest BCUT2D eigenvalue weighted by Crippen LogP contribution is 2.13. The number of fused-ring (bicyclic) bond motifs is 1. The molecule has 1 fully saturated rings. The van der Waals surface area contributed by atoms with Crippen molar-refractivity contribution in [2.24, 2.45) is 10.7 Å². The summed E-state index contributed by atoms with van der Waals surface area (Å²) in [5.41, 5.74) is 8.03. The van der Waals surface area contributed by atoms with Gasteiger partial charge in [0.25, 0.3) is 0 Å². The van der Waals surface area contributed by atoms with Crippen molar-refractivity contribution in [1.29, 1.82) is 0 Å². The largest absolute Gasteiger partial charge is 0.370 e. The van der Waals surface area contributed by atoms with E-state index in [1.54, 1.807) is 0 Å². The number of piperidine rings is 1. The third kappa shape index (κ3) is 4.06. The molecular formula is C16H21IN4. The lowest BCUT2D eigenvalue weighted by molar-refractivity contribution is 0.338. The van der Waals surface area contributed by atoms with Crippen molar-refractivity contribution in [2.75, 3.05) is 13.1 Å². The number of aliphatic imine (C=N–C) groups is 1. The van der Waals surface area contributed by atoms with Gasteiger partial charge in [-0.05, 0) is 31.4 Å². The molecule has 2 aromatic rings. The zero-order valence-corrected chi connectivity index (χ0v) is 14.4. The summed E-state index contributed by atoms with van der Waals surface area (Å²) in [6, 6.07) is 12.2. The van der Waals surface area contributed by atoms with E-state index >= 15 is 0 Å². The topological polar surface area (TPSA) is 54.5 Å². The summed E-state index contributed by atoms with van der Waals surface area (Å²) in [6.07, 6.45) is 3.73. The maximum absolute atomic E-state index is 6.06. The van der Waals surface area contributed by atoms with Crippen LogP contribution in [0.15, 0.2) is 41.4 Å². The van der Waals surface area contributed by atoms with E-state index < -0.39 is 0 Å². The number of nitrogens with zero attached hydrogens (tertiary/aromatic N) is 3. The molecule has 0 radical (unpaired) electrons. The van der Waals surface area contributed by atoms with Crippen LogP contribution in [-0.2, 0) is 6.54 Å². The number of halogens is 1. The van der Waals surface area contributed by atoms with Gasteiger partial charge < -0.3 is 10.6 Å². The van der Waals surface area contributed by atoms with E-state index in [4.69, 9.17) is 5.73 Å². The molecular weight excluding hydrogens is 375 g/mol. The number of benzene rings is 1. The van der Waals surface area contributed by atoms with Crippen LogP contribution in [-0.4, -0.2) is 28.9 Å². The summed E-state index contributed by atoms with van der Waals surface area (Å²) in [4.78, 5) is 11.3. The molecule has 0 bridgehead atoms. The number of para-hydroxylation sites is 1. The highest BCUT2D eigenvalue weighted by molar-refractivity contribution is 14.0. The lowest BCUT2D eigenvalue weighted by Gasteiger charge is -2.27. The van der Waals surface area contributed by atoms with Crippen molar-refractivity contribution in [1.82, 2.24) is 9.88 Å². The van der Waals surface area contributed by atoms with Crippen molar-refractivity contribution in [3.05, 3.63) is 42.1 Å². The van der Waals surface area contributed by atoms with E-state index in [0.29, 0.717) is 12.5 Å². The Hall–Kier alpha value is -1.37. The van der Waals surface area contributed by atoms with Crippen LogP contribution in [0.2, 0.25) is 0 Å². The van der Waals surface area contributed by atoms with Gasteiger partial charge in [-0.15, -0.1) is 24.0 Å². The van der Waals surface area contributed by atoms with Crippen molar-refractivity contribution >= 4 is 40.8 Å². The van der Waals surface area contributed by atoms with E-state index in [9.17, 15) is 0 Å². The molecule has 2 heterocycles. The fraction of sp³-hybridized carbons (Fsp3) is 0.375. The van der Waals surface area contributed by atoms with Crippen LogP contribution in [0, 0.1) is 0 Å². The second-order valence-electron chi connectivity index (χ2n) is 5.22. The minimum Gasteiger partial charge on any atom is -0.370 e. The lowest BCUT2D eigenvalue weighted by atomic mass is 10.1. The minimum atomic E-state index is 0. The van der Waals surface area contributed by atoms with Gasteiger partial charge >= 0.3 is 0 Å². The quantitative estimate of drug-likeness (QED) is 0.482. The van der Waals surface area contributed by atoms with E-state index in [2.05, 4.69) is 27.0 Å². The van der Waals surface area contributed by atoms with Gasteiger partial charge in [-0.1, -0.05) is 24.3 Å². The Morgan fingerprint density at radius 1 is 1.10 bits per heavy atom. The summed E-state index contributed by atoms with van der Waals surface area (Å²) in [7, 11) is 0. The molecule has 4 nitrogen and oxygen atoms in total. The van der Waals surface area contributed by atoms with E-state index in [1.165, 1.54) is 19.3 Å². The summed E-state index contributed by atoms with van der Waals surface area (Å²) in [6.45, 7) is 2.61. The van der Waals surface area contributed by atoms with Gasteiger partial charge in [0.05, 0.1) is 17.8 Å². The molecule has 0 unspecified atom stereocenters. The molecule has 21 heavy (non-hydrogen) atoms. The third-order valence-corrected chi connectivity index (χ3v) is 3.74. The molecule has 3 rings (SSSR count). The SMILES string of the molecule is I.NC(=NCc1ccc2ccccc2n1)N1CCCCC1. The summed E-state index contributed by atoms with van der Waals surface area (Å²) < 4.78 is 0. The first-order chi connectivity index (χ1) is 9.83. The predicted octanol–water partition coefficient (Wildman–Crippen LogP) is 3.15. The first-order valence-electron chi connectivity index (χ1n) is 7.22.